The highest BCUT2D eigenvalue weighted by Gasteiger charge is 2.32. The summed E-state index contributed by atoms with van der Waals surface area (Å²) < 4.78 is 1.16. The minimum atomic E-state index is -0.0777. The van der Waals surface area contributed by atoms with Gasteiger partial charge in [-0.1, -0.05) is 30.3 Å². The van der Waals surface area contributed by atoms with Gasteiger partial charge in [0, 0.05) is 6.54 Å². The second-order valence-corrected chi connectivity index (χ2v) is 7.95. The monoisotopic (exact) mass is 389 g/mol. The maximum atomic E-state index is 13.2. The van der Waals surface area contributed by atoms with Gasteiger partial charge in [0.15, 0.2) is 5.69 Å². The first kappa shape index (κ1) is 17.1. The Hall–Kier alpha value is -3.06. The summed E-state index contributed by atoms with van der Waals surface area (Å²) in [4.78, 5) is 21.5. The molecule has 1 atom stereocenters. The molecule has 3 heterocycles. The summed E-state index contributed by atoms with van der Waals surface area (Å²) in [6.07, 6.45) is 4.58. The van der Waals surface area contributed by atoms with E-state index in [1.54, 1.807) is 17.5 Å². The van der Waals surface area contributed by atoms with Crippen LogP contribution in [0.25, 0.3) is 15.9 Å². The van der Waals surface area contributed by atoms with Crippen LogP contribution >= 0.6 is 11.3 Å². The van der Waals surface area contributed by atoms with Gasteiger partial charge in [0.25, 0.3) is 5.91 Å². The zero-order chi connectivity index (χ0) is 18.9. The standard InChI is InChI=1S/C21H19N5OS/c27-21(17-14-22-26(24-17)15-8-2-1-3-9-15)25-13-7-6-11-18(25)20-23-16-10-4-5-12-19(16)28-20/h1-5,8-10,12,14,18H,6-7,11,13H2/t18-/m0/s1. The van der Waals surface area contributed by atoms with E-state index in [0.29, 0.717) is 5.69 Å². The number of hydrogen-bond donors (Lipinski definition) is 0. The Kier molecular flexibility index (Phi) is 4.37. The number of rotatable bonds is 3. The van der Waals surface area contributed by atoms with Crippen molar-refractivity contribution >= 4 is 27.5 Å². The van der Waals surface area contributed by atoms with Crippen molar-refractivity contribution < 1.29 is 4.79 Å². The van der Waals surface area contributed by atoms with Crippen molar-refractivity contribution in [2.75, 3.05) is 6.54 Å². The van der Waals surface area contributed by atoms with E-state index in [2.05, 4.69) is 16.3 Å². The molecule has 7 heteroatoms. The van der Waals surface area contributed by atoms with Gasteiger partial charge < -0.3 is 4.90 Å². The van der Waals surface area contributed by atoms with Crippen molar-refractivity contribution in [3.8, 4) is 5.69 Å². The highest BCUT2D eigenvalue weighted by Crippen LogP contribution is 2.36. The van der Waals surface area contributed by atoms with Crippen molar-refractivity contribution in [3.63, 3.8) is 0 Å². The first-order valence-corrected chi connectivity index (χ1v) is 10.3. The Morgan fingerprint density at radius 3 is 2.71 bits per heavy atom. The van der Waals surface area contributed by atoms with Crippen LogP contribution < -0.4 is 0 Å². The second-order valence-electron chi connectivity index (χ2n) is 6.88. The molecule has 0 unspecified atom stereocenters. The Morgan fingerprint density at radius 1 is 1.04 bits per heavy atom. The van der Waals surface area contributed by atoms with Gasteiger partial charge in [0.1, 0.15) is 5.01 Å². The first-order chi connectivity index (χ1) is 13.8. The fourth-order valence-corrected chi connectivity index (χ4v) is 4.77. The normalized spacial score (nSPS) is 17.1. The molecule has 6 nitrogen and oxygen atoms in total. The Balaban J connectivity index is 1.45. The van der Waals surface area contributed by atoms with Crippen LogP contribution in [0.5, 0.6) is 0 Å². The van der Waals surface area contributed by atoms with E-state index >= 15 is 0 Å². The van der Waals surface area contributed by atoms with E-state index in [0.717, 1.165) is 46.7 Å². The van der Waals surface area contributed by atoms with E-state index in [9.17, 15) is 4.79 Å². The van der Waals surface area contributed by atoms with Crippen LogP contribution in [0.1, 0.15) is 40.8 Å². The smallest absolute Gasteiger partial charge is 0.276 e. The number of benzene rings is 2. The Labute approximate surface area is 166 Å². The van der Waals surface area contributed by atoms with Gasteiger partial charge in [-0.05, 0) is 43.5 Å². The molecule has 140 valence electrons. The SMILES string of the molecule is O=C(c1cnn(-c2ccccc2)n1)N1CCCC[C@H]1c1nc2ccccc2s1. The van der Waals surface area contributed by atoms with E-state index in [-0.39, 0.29) is 11.9 Å². The number of nitrogens with zero attached hydrogens (tertiary/aromatic N) is 5. The fourth-order valence-electron chi connectivity index (χ4n) is 3.66. The van der Waals surface area contributed by atoms with Gasteiger partial charge >= 0.3 is 0 Å². The minimum Gasteiger partial charge on any atom is -0.328 e. The number of aromatic nitrogens is 4. The molecule has 0 spiro atoms. The maximum Gasteiger partial charge on any atom is 0.276 e. The van der Waals surface area contributed by atoms with Gasteiger partial charge in [-0.3, -0.25) is 4.79 Å². The molecule has 0 saturated carbocycles. The largest absolute Gasteiger partial charge is 0.328 e. The van der Waals surface area contributed by atoms with Crippen LogP contribution in [0.3, 0.4) is 0 Å². The summed E-state index contributed by atoms with van der Waals surface area (Å²) in [5.41, 5.74) is 2.20. The molecule has 2 aromatic carbocycles. The summed E-state index contributed by atoms with van der Waals surface area (Å²) in [6.45, 7) is 0.720. The lowest BCUT2D eigenvalue weighted by Crippen LogP contribution is -2.38. The predicted octanol–water partition coefficient (Wildman–Crippen LogP) is 4.24. The number of para-hydroxylation sites is 2. The third-order valence-corrected chi connectivity index (χ3v) is 6.19. The number of fused-ring (bicyclic) bond motifs is 1. The molecule has 1 aliphatic heterocycles. The van der Waals surface area contributed by atoms with Crippen molar-refractivity contribution in [3.05, 3.63) is 71.5 Å². The van der Waals surface area contributed by atoms with Crippen molar-refractivity contribution in [2.24, 2.45) is 0 Å². The van der Waals surface area contributed by atoms with Crippen molar-refractivity contribution in [1.82, 2.24) is 24.9 Å². The summed E-state index contributed by atoms with van der Waals surface area (Å²) >= 11 is 1.68. The molecule has 1 saturated heterocycles. The van der Waals surface area contributed by atoms with E-state index in [1.165, 1.54) is 4.80 Å². The molecule has 0 N–H and O–H groups in total. The van der Waals surface area contributed by atoms with E-state index in [4.69, 9.17) is 4.98 Å². The Morgan fingerprint density at radius 2 is 1.86 bits per heavy atom. The number of hydrogen-bond acceptors (Lipinski definition) is 5. The molecule has 4 aromatic rings. The molecular weight excluding hydrogens is 370 g/mol. The molecule has 5 rings (SSSR count). The molecule has 1 amide bonds. The topological polar surface area (TPSA) is 63.9 Å². The van der Waals surface area contributed by atoms with Crippen LogP contribution in [0.4, 0.5) is 0 Å². The molecule has 1 fully saturated rings. The lowest BCUT2D eigenvalue weighted by molar-refractivity contribution is 0.0605. The van der Waals surface area contributed by atoms with Crippen LogP contribution in [0.2, 0.25) is 0 Å². The number of thiazole rings is 1. The van der Waals surface area contributed by atoms with Crippen molar-refractivity contribution in [1.29, 1.82) is 0 Å². The summed E-state index contributed by atoms with van der Waals surface area (Å²) in [5, 5.41) is 9.71. The predicted molar refractivity (Wildman–Crippen MR) is 109 cm³/mol. The van der Waals surface area contributed by atoms with Gasteiger partial charge in [-0.15, -0.1) is 16.4 Å². The van der Waals surface area contributed by atoms with Gasteiger partial charge in [0.2, 0.25) is 0 Å². The molecule has 0 aliphatic carbocycles. The molecule has 28 heavy (non-hydrogen) atoms. The molecule has 2 aromatic heterocycles. The van der Waals surface area contributed by atoms with Crippen molar-refractivity contribution in [2.45, 2.75) is 25.3 Å². The molecule has 1 aliphatic rings. The minimum absolute atomic E-state index is 0.000486. The third kappa shape index (κ3) is 3.07. The second kappa shape index (κ2) is 7.16. The van der Waals surface area contributed by atoms with Gasteiger partial charge in [0.05, 0.1) is 28.1 Å². The maximum absolute atomic E-state index is 13.2. The molecule has 0 radical (unpaired) electrons. The lowest BCUT2D eigenvalue weighted by atomic mass is 10.0. The quantitative estimate of drug-likeness (QED) is 0.526. The van der Waals surface area contributed by atoms with Crippen LogP contribution in [0.15, 0.2) is 60.8 Å². The zero-order valence-electron chi connectivity index (χ0n) is 15.2. The lowest BCUT2D eigenvalue weighted by Gasteiger charge is -2.33. The van der Waals surface area contributed by atoms with E-state index in [1.807, 2.05) is 53.4 Å². The van der Waals surface area contributed by atoms with Crippen LogP contribution in [-0.4, -0.2) is 37.3 Å². The molecule has 0 bridgehead atoms. The number of piperidine rings is 1. The fraction of sp³-hybridized carbons (Fsp3) is 0.238. The summed E-state index contributed by atoms with van der Waals surface area (Å²) in [7, 11) is 0. The summed E-state index contributed by atoms with van der Waals surface area (Å²) in [6, 6.07) is 17.7. The highest BCUT2D eigenvalue weighted by molar-refractivity contribution is 7.18. The van der Waals surface area contributed by atoms with Crippen LogP contribution in [-0.2, 0) is 0 Å². The number of likely N-dealkylation sites (tertiary alicyclic amines) is 1. The van der Waals surface area contributed by atoms with Crippen LogP contribution in [0, 0.1) is 0 Å². The molecular formula is C21H19N5OS. The number of carbonyl (C=O) groups excluding carboxylic acids is 1. The number of amides is 1. The van der Waals surface area contributed by atoms with E-state index < -0.39 is 0 Å². The Bertz CT molecular complexity index is 1090. The highest BCUT2D eigenvalue weighted by atomic mass is 32.1. The van der Waals surface area contributed by atoms with Gasteiger partial charge in [-0.25, -0.2) is 4.98 Å². The average Bonchev–Trinajstić information content (AvgIpc) is 3.41. The summed E-state index contributed by atoms with van der Waals surface area (Å²) in [5.74, 6) is -0.0777. The van der Waals surface area contributed by atoms with Gasteiger partial charge in [-0.2, -0.15) is 9.90 Å². The first-order valence-electron chi connectivity index (χ1n) is 9.44. The zero-order valence-corrected chi connectivity index (χ0v) is 16.0. The average molecular weight is 389 g/mol. The third-order valence-electron chi connectivity index (χ3n) is 5.06. The number of carbonyl (C=O) groups is 1.